The van der Waals surface area contributed by atoms with Gasteiger partial charge in [-0.15, -0.1) is 0 Å². The largest absolute Gasteiger partial charge is 0.452 e. The smallest absolute Gasteiger partial charge is 0.311 e. The molecule has 7 nitrogen and oxygen atoms in total. The van der Waals surface area contributed by atoms with E-state index >= 15 is 0 Å². The second-order valence-electron chi connectivity index (χ2n) is 4.70. The van der Waals surface area contributed by atoms with E-state index in [1.807, 2.05) is 10.8 Å². The number of carbonyl (C=O) groups is 2. The number of anilines is 1. The van der Waals surface area contributed by atoms with Crippen LogP contribution in [0.1, 0.15) is 12.5 Å². The van der Waals surface area contributed by atoms with Crippen molar-refractivity contribution in [1.29, 1.82) is 0 Å². The Bertz CT molecular complexity index is 714. The molecule has 0 radical (unpaired) electrons. The predicted molar refractivity (Wildman–Crippen MR) is 85.3 cm³/mol. The number of nitro benzene ring substituents is 1. The number of esters is 1. The first-order chi connectivity index (χ1) is 11.0. The number of carbonyl (C=O) groups excluding carboxylic acids is 2. The Morgan fingerprint density at radius 2 is 2.09 bits per heavy atom. The van der Waals surface area contributed by atoms with E-state index in [-0.39, 0.29) is 17.8 Å². The van der Waals surface area contributed by atoms with Crippen molar-refractivity contribution in [1.82, 2.24) is 0 Å². The molecular weight excluding hydrogens is 320 g/mol. The molecule has 23 heavy (non-hydrogen) atoms. The van der Waals surface area contributed by atoms with Crippen LogP contribution in [0.4, 0.5) is 11.4 Å². The Balaban J connectivity index is 1.95. The van der Waals surface area contributed by atoms with Gasteiger partial charge in [0, 0.05) is 6.07 Å². The molecule has 0 unspecified atom stereocenters. The third kappa shape index (κ3) is 4.62. The summed E-state index contributed by atoms with van der Waals surface area (Å²) in [6.07, 6.45) is -0.979. The van der Waals surface area contributed by atoms with Crippen molar-refractivity contribution in [2.45, 2.75) is 19.4 Å². The Kier molecular flexibility index (Phi) is 5.42. The van der Waals surface area contributed by atoms with Crippen LogP contribution in [0.2, 0.25) is 0 Å². The van der Waals surface area contributed by atoms with Crippen molar-refractivity contribution in [3.8, 4) is 0 Å². The summed E-state index contributed by atoms with van der Waals surface area (Å²) in [6, 6.07) is 7.55. The molecule has 0 aliphatic heterocycles. The third-order valence-corrected chi connectivity index (χ3v) is 3.70. The quantitative estimate of drug-likeness (QED) is 0.497. The summed E-state index contributed by atoms with van der Waals surface area (Å²) in [5.74, 6) is -1.16. The number of rotatable bonds is 6. The van der Waals surface area contributed by atoms with E-state index < -0.39 is 22.9 Å². The summed E-state index contributed by atoms with van der Waals surface area (Å²) in [7, 11) is 0. The Morgan fingerprint density at radius 1 is 1.35 bits per heavy atom. The fraction of sp³-hybridized carbons (Fsp3) is 0.200. The molecule has 1 aromatic heterocycles. The van der Waals surface area contributed by atoms with Gasteiger partial charge in [-0.1, -0.05) is 12.1 Å². The predicted octanol–water partition coefficient (Wildman–Crippen LogP) is 2.77. The SMILES string of the molecule is C[C@H](OC(=O)Cc1ccsc1)C(=O)Nc1ccccc1[N+](=O)[O-]. The lowest BCUT2D eigenvalue weighted by molar-refractivity contribution is -0.383. The second-order valence-corrected chi connectivity index (χ2v) is 5.48. The van der Waals surface area contributed by atoms with Crippen LogP contribution in [-0.2, 0) is 20.7 Å². The lowest BCUT2D eigenvalue weighted by Gasteiger charge is -2.13. The molecule has 1 heterocycles. The maximum absolute atomic E-state index is 12.0. The van der Waals surface area contributed by atoms with Crippen LogP contribution in [0.3, 0.4) is 0 Å². The number of ether oxygens (including phenoxy) is 1. The summed E-state index contributed by atoms with van der Waals surface area (Å²) >= 11 is 1.46. The molecule has 1 aromatic carbocycles. The van der Waals surface area contributed by atoms with Crippen LogP contribution in [-0.4, -0.2) is 22.9 Å². The lowest BCUT2D eigenvalue weighted by Crippen LogP contribution is -2.30. The van der Waals surface area contributed by atoms with Gasteiger partial charge in [0.2, 0.25) is 0 Å². The van der Waals surface area contributed by atoms with Crippen molar-refractivity contribution < 1.29 is 19.2 Å². The fourth-order valence-corrected chi connectivity index (χ4v) is 2.49. The number of para-hydroxylation sites is 2. The highest BCUT2D eigenvalue weighted by atomic mass is 32.1. The first-order valence-corrected chi connectivity index (χ1v) is 7.66. The zero-order valence-electron chi connectivity index (χ0n) is 12.2. The summed E-state index contributed by atoms with van der Waals surface area (Å²) in [6.45, 7) is 1.41. The first-order valence-electron chi connectivity index (χ1n) is 6.72. The minimum absolute atomic E-state index is 0.0585. The average Bonchev–Trinajstić information content (AvgIpc) is 3.00. The highest BCUT2D eigenvalue weighted by Crippen LogP contribution is 2.23. The number of nitro groups is 1. The molecule has 0 fully saturated rings. The lowest BCUT2D eigenvalue weighted by atomic mass is 10.2. The first kappa shape index (κ1) is 16.6. The number of thiophene rings is 1. The van der Waals surface area contributed by atoms with Crippen molar-refractivity contribution in [2.75, 3.05) is 5.32 Å². The number of benzene rings is 1. The minimum Gasteiger partial charge on any atom is -0.452 e. The van der Waals surface area contributed by atoms with Crippen molar-refractivity contribution >= 4 is 34.6 Å². The number of nitrogens with zero attached hydrogens (tertiary/aromatic N) is 1. The van der Waals surface area contributed by atoms with E-state index in [0.717, 1.165) is 5.56 Å². The van der Waals surface area contributed by atoms with Gasteiger partial charge in [-0.05, 0) is 35.4 Å². The molecular formula is C15H14N2O5S. The van der Waals surface area contributed by atoms with Crippen molar-refractivity contribution in [3.63, 3.8) is 0 Å². The van der Waals surface area contributed by atoms with E-state index in [9.17, 15) is 19.7 Å². The Labute approximate surface area is 136 Å². The summed E-state index contributed by atoms with van der Waals surface area (Å²) in [4.78, 5) is 34.1. The van der Waals surface area contributed by atoms with Gasteiger partial charge in [-0.3, -0.25) is 19.7 Å². The molecule has 8 heteroatoms. The molecule has 0 spiro atoms. The molecule has 1 atom stereocenters. The summed E-state index contributed by atoms with van der Waals surface area (Å²) < 4.78 is 5.04. The normalized spacial score (nSPS) is 11.5. The fourth-order valence-electron chi connectivity index (χ4n) is 1.83. The standard InChI is InChI=1S/C15H14N2O5S/c1-10(22-14(18)8-11-6-7-23-9-11)15(19)16-12-4-2-3-5-13(12)17(20)21/h2-7,9-10H,8H2,1H3,(H,16,19)/t10-/m0/s1. The van der Waals surface area contributed by atoms with Crippen LogP contribution in [0, 0.1) is 10.1 Å². The third-order valence-electron chi connectivity index (χ3n) is 2.96. The molecule has 1 amide bonds. The number of amides is 1. The molecule has 1 N–H and O–H groups in total. The summed E-state index contributed by atoms with van der Waals surface area (Å²) in [5.41, 5.74) is 0.646. The van der Waals surface area contributed by atoms with E-state index in [2.05, 4.69) is 5.32 Å². The van der Waals surface area contributed by atoms with Crippen LogP contribution in [0.25, 0.3) is 0 Å². The van der Waals surface area contributed by atoms with Crippen LogP contribution >= 0.6 is 11.3 Å². The second kappa shape index (κ2) is 7.50. The molecule has 0 bridgehead atoms. The van der Waals surface area contributed by atoms with Gasteiger partial charge in [0.05, 0.1) is 11.3 Å². The van der Waals surface area contributed by atoms with Crippen LogP contribution in [0.15, 0.2) is 41.1 Å². The van der Waals surface area contributed by atoms with E-state index in [0.29, 0.717) is 0 Å². The minimum atomic E-state index is -1.05. The van der Waals surface area contributed by atoms with E-state index in [1.54, 1.807) is 12.1 Å². The zero-order valence-corrected chi connectivity index (χ0v) is 13.0. The van der Waals surface area contributed by atoms with Gasteiger partial charge in [-0.2, -0.15) is 11.3 Å². The molecule has 0 saturated carbocycles. The number of hydrogen-bond donors (Lipinski definition) is 1. The Hall–Kier alpha value is -2.74. The molecule has 2 aromatic rings. The van der Waals surface area contributed by atoms with Crippen molar-refractivity contribution in [2.24, 2.45) is 0 Å². The highest BCUT2D eigenvalue weighted by Gasteiger charge is 2.21. The number of nitrogens with one attached hydrogen (secondary N) is 1. The molecule has 0 saturated heterocycles. The molecule has 2 rings (SSSR count). The van der Waals surface area contributed by atoms with Gasteiger partial charge in [0.15, 0.2) is 6.10 Å². The molecule has 0 aliphatic rings. The monoisotopic (exact) mass is 334 g/mol. The van der Waals surface area contributed by atoms with Crippen molar-refractivity contribution in [3.05, 3.63) is 56.8 Å². The maximum Gasteiger partial charge on any atom is 0.311 e. The topological polar surface area (TPSA) is 98.5 Å². The van der Waals surface area contributed by atoms with Crippen LogP contribution < -0.4 is 5.32 Å². The maximum atomic E-state index is 12.0. The summed E-state index contributed by atoms with van der Waals surface area (Å²) in [5, 5.41) is 17.0. The van der Waals surface area contributed by atoms with Crippen LogP contribution in [0.5, 0.6) is 0 Å². The van der Waals surface area contributed by atoms with Gasteiger partial charge in [0.1, 0.15) is 5.69 Å². The van der Waals surface area contributed by atoms with E-state index in [4.69, 9.17) is 4.74 Å². The highest BCUT2D eigenvalue weighted by molar-refractivity contribution is 7.07. The van der Waals surface area contributed by atoms with Gasteiger partial charge >= 0.3 is 5.97 Å². The zero-order chi connectivity index (χ0) is 16.8. The average molecular weight is 334 g/mol. The Morgan fingerprint density at radius 3 is 2.74 bits per heavy atom. The van der Waals surface area contributed by atoms with Gasteiger partial charge < -0.3 is 10.1 Å². The van der Waals surface area contributed by atoms with Gasteiger partial charge in [0.25, 0.3) is 11.6 Å². The molecule has 0 aliphatic carbocycles. The molecule has 120 valence electrons. The van der Waals surface area contributed by atoms with E-state index in [1.165, 1.54) is 36.5 Å². The number of hydrogen-bond acceptors (Lipinski definition) is 6. The van der Waals surface area contributed by atoms with Gasteiger partial charge in [-0.25, -0.2) is 0 Å².